The standard InChI is InChI=1S/C16H14O3/c1-11-3-6-14(9-15(11)16(18)19-2)13-7-4-12(10-17)5-8-13/h3-10H,1-2H3. The minimum atomic E-state index is -0.344. The minimum Gasteiger partial charge on any atom is -0.465 e. The minimum absolute atomic E-state index is 0.344. The summed E-state index contributed by atoms with van der Waals surface area (Å²) in [4.78, 5) is 22.3. The summed E-state index contributed by atoms with van der Waals surface area (Å²) in [5.74, 6) is -0.344. The molecule has 2 aromatic carbocycles. The Labute approximate surface area is 111 Å². The Morgan fingerprint density at radius 3 is 2.26 bits per heavy atom. The van der Waals surface area contributed by atoms with Crippen LogP contribution in [-0.2, 0) is 4.74 Å². The Morgan fingerprint density at radius 2 is 1.68 bits per heavy atom. The van der Waals surface area contributed by atoms with Crippen molar-refractivity contribution in [1.82, 2.24) is 0 Å². The van der Waals surface area contributed by atoms with Crippen LogP contribution in [0.4, 0.5) is 0 Å². The van der Waals surface area contributed by atoms with Crippen LogP contribution in [0.2, 0.25) is 0 Å². The van der Waals surface area contributed by atoms with Gasteiger partial charge in [-0.3, -0.25) is 4.79 Å². The quantitative estimate of drug-likeness (QED) is 0.623. The number of rotatable bonds is 3. The van der Waals surface area contributed by atoms with Gasteiger partial charge in [0.05, 0.1) is 12.7 Å². The van der Waals surface area contributed by atoms with Gasteiger partial charge in [-0.15, -0.1) is 0 Å². The highest BCUT2D eigenvalue weighted by Gasteiger charge is 2.10. The lowest BCUT2D eigenvalue weighted by molar-refractivity contribution is 0.0600. The first-order chi connectivity index (χ1) is 9.15. The fraction of sp³-hybridized carbons (Fsp3) is 0.125. The smallest absolute Gasteiger partial charge is 0.338 e. The molecular weight excluding hydrogens is 240 g/mol. The highest BCUT2D eigenvalue weighted by Crippen LogP contribution is 2.23. The van der Waals surface area contributed by atoms with Crippen LogP contribution < -0.4 is 0 Å². The number of aryl methyl sites for hydroxylation is 1. The fourth-order valence-corrected chi connectivity index (χ4v) is 1.89. The molecule has 2 aromatic rings. The van der Waals surface area contributed by atoms with E-state index in [9.17, 15) is 9.59 Å². The third-order valence-corrected chi connectivity index (χ3v) is 3.02. The molecule has 0 aromatic heterocycles. The van der Waals surface area contributed by atoms with E-state index >= 15 is 0 Å². The van der Waals surface area contributed by atoms with E-state index in [0.29, 0.717) is 11.1 Å². The molecule has 0 bridgehead atoms. The molecule has 0 heterocycles. The normalized spacial score (nSPS) is 10.0. The molecule has 0 fully saturated rings. The van der Waals surface area contributed by atoms with Crippen molar-refractivity contribution < 1.29 is 14.3 Å². The molecular formula is C16H14O3. The molecule has 0 spiro atoms. The van der Waals surface area contributed by atoms with Gasteiger partial charge in [-0.2, -0.15) is 0 Å². The van der Waals surface area contributed by atoms with E-state index in [4.69, 9.17) is 4.74 Å². The zero-order valence-electron chi connectivity index (χ0n) is 10.8. The summed E-state index contributed by atoms with van der Waals surface area (Å²) < 4.78 is 4.76. The Bertz CT molecular complexity index is 612. The van der Waals surface area contributed by atoms with Gasteiger partial charge in [0, 0.05) is 5.56 Å². The fourth-order valence-electron chi connectivity index (χ4n) is 1.89. The van der Waals surface area contributed by atoms with Crippen LogP contribution in [0.3, 0.4) is 0 Å². The first kappa shape index (κ1) is 13.0. The van der Waals surface area contributed by atoms with E-state index in [-0.39, 0.29) is 5.97 Å². The van der Waals surface area contributed by atoms with Crippen LogP contribution in [-0.4, -0.2) is 19.4 Å². The van der Waals surface area contributed by atoms with Crippen LogP contribution in [0.1, 0.15) is 26.3 Å². The summed E-state index contributed by atoms with van der Waals surface area (Å²) in [5.41, 5.74) is 3.93. The van der Waals surface area contributed by atoms with Crippen molar-refractivity contribution in [2.75, 3.05) is 7.11 Å². The van der Waals surface area contributed by atoms with Gasteiger partial charge in [-0.25, -0.2) is 4.79 Å². The predicted molar refractivity (Wildman–Crippen MR) is 73.3 cm³/mol. The van der Waals surface area contributed by atoms with Crippen LogP contribution >= 0.6 is 0 Å². The molecule has 0 aliphatic carbocycles. The van der Waals surface area contributed by atoms with E-state index in [1.54, 1.807) is 18.2 Å². The monoisotopic (exact) mass is 254 g/mol. The second-order valence-electron chi connectivity index (χ2n) is 4.26. The van der Waals surface area contributed by atoms with Gasteiger partial charge in [0.2, 0.25) is 0 Å². The van der Waals surface area contributed by atoms with Crippen molar-refractivity contribution in [2.24, 2.45) is 0 Å². The van der Waals surface area contributed by atoms with Crippen molar-refractivity contribution >= 4 is 12.3 Å². The molecule has 0 radical (unpaired) electrons. The zero-order valence-corrected chi connectivity index (χ0v) is 10.8. The average molecular weight is 254 g/mol. The lowest BCUT2D eigenvalue weighted by Crippen LogP contribution is -2.03. The SMILES string of the molecule is COC(=O)c1cc(-c2ccc(C=O)cc2)ccc1C. The van der Waals surface area contributed by atoms with Crippen molar-refractivity contribution in [3.05, 3.63) is 59.2 Å². The number of hydrogen-bond donors (Lipinski definition) is 0. The second kappa shape index (κ2) is 5.48. The van der Waals surface area contributed by atoms with Crippen LogP contribution in [0.25, 0.3) is 11.1 Å². The molecule has 2 rings (SSSR count). The lowest BCUT2D eigenvalue weighted by Gasteiger charge is -2.07. The molecule has 0 aliphatic rings. The van der Waals surface area contributed by atoms with E-state index in [1.165, 1.54) is 7.11 Å². The van der Waals surface area contributed by atoms with Gasteiger partial charge < -0.3 is 4.74 Å². The molecule has 0 saturated heterocycles. The number of ether oxygens (including phenoxy) is 1. The van der Waals surface area contributed by atoms with Crippen LogP contribution in [0.5, 0.6) is 0 Å². The van der Waals surface area contributed by atoms with Gasteiger partial charge in [0.1, 0.15) is 6.29 Å². The third-order valence-electron chi connectivity index (χ3n) is 3.02. The van der Waals surface area contributed by atoms with Crippen molar-refractivity contribution in [1.29, 1.82) is 0 Å². The summed E-state index contributed by atoms with van der Waals surface area (Å²) in [7, 11) is 1.37. The van der Waals surface area contributed by atoms with E-state index in [0.717, 1.165) is 23.0 Å². The summed E-state index contributed by atoms with van der Waals surface area (Å²) in [6.07, 6.45) is 0.804. The highest BCUT2D eigenvalue weighted by molar-refractivity contribution is 5.92. The Balaban J connectivity index is 2.44. The van der Waals surface area contributed by atoms with Crippen molar-refractivity contribution in [3.8, 4) is 11.1 Å². The Hall–Kier alpha value is -2.42. The molecule has 0 unspecified atom stereocenters. The summed E-state index contributed by atoms with van der Waals surface area (Å²) in [6, 6.07) is 12.8. The van der Waals surface area contributed by atoms with Gasteiger partial charge in [-0.1, -0.05) is 36.4 Å². The zero-order chi connectivity index (χ0) is 13.8. The van der Waals surface area contributed by atoms with E-state index < -0.39 is 0 Å². The van der Waals surface area contributed by atoms with Gasteiger partial charge in [-0.05, 0) is 29.7 Å². The number of benzene rings is 2. The summed E-state index contributed by atoms with van der Waals surface area (Å²) in [6.45, 7) is 1.87. The van der Waals surface area contributed by atoms with Crippen LogP contribution in [0, 0.1) is 6.92 Å². The summed E-state index contributed by atoms with van der Waals surface area (Å²) >= 11 is 0. The van der Waals surface area contributed by atoms with Gasteiger partial charge in [0.25, 0.3) is 0 Å². The first-order valence-corrected chi connectivity index (χ1v) is 5.90. The second-order valence-corrected chi connectivity index (χ2v) is 4.26. The molecule has 3 nitrogen and oxygen atoms in total. The number of carbonyl (C=O) groups is 2. The number of methoxy groups -OCH3 is 1. The number of carbonyl (C=O) groups excluding carboxylic acids is 2. The lowest BCUT2D eigenvalue weighted by atomic mass is 9.99. The number of esters is 1. The Morgan fingerprint density at radius 1 is 1.05 bits per heavy atom. The van der Waals surface area contributed by atoms with Gasteiger partial charge >= 0.3 is 5.97 Å². The molecule has 0 atom stereocenters. The van der Waals surface area contributed by atoms with E-state index in [1.807, 2.05) is 31.2 Å². The Kier molecular flexibility index (Phi) is 3.76. The van der Waals surface area contributed by atoms with Gasteiger partial charge in [0.15, 0.2) is 0 Å². The average Bonchev–Trinajstić information content (AvgIpc) is 2.47. The maximum atomic E-state index is 11.6. The van der Waals surface area contributed by atoms with Crippen molar-refractivity contribution in [2.45, 2.75) is 6.92 Å². The third kappa shape index (κ3) is 2.71. The number of aldehydes is 1. The maximum absolute atomic E-state index is 11.6. The van der Waals surface area contributed by atoms with E-state index in [2.05, 4.69) is 0 Å². The molecule has 96 valence electrons. The molecule has 0 N–H and O–H groups in total. The molecule has 0 aliphatic heterocycles. The largest absolute Gasteiger partial charge is 0.465 e. The van der Waals surface area contributed by atoms with Crippen LogP contribution in [0.15, 0.2) is 42.5 Å². The topological polar surface area (TPSA) is 43.4 Å². The first-order valence-electron chi connectivity index (χ1n) is 5.90. The molecule has 19 heavy (non-hydrogen) atoms. The molecule has 0 amide bonds. The highest BCUT2D eigenvalue weighted by atomic mass is 16.5. The van der Waals surface area contributed by atoms with Crippen molar-refractivity contribution in [3.63, 3.8) is 0 Å². The number of hydrogen-bond acceptors (Lipinski definition) is 3. The maximum Gasteiger partial charge on any atom is 0.338 e. The molecule has 3 heteroatoms. The molecule has 0 saturated carbocycles. The predicted octanol–water partition coefficient (Wildman–Crippen LogP) is 3.26. The summed E-state index contributed by atoms with van der Waals surface area (Å²) in [5, 5.41) is 0.